The monoisotopic (exact) mass is 453 g/mol. The van der Waals surface area contributed by atoms with Crippen LogP contribution in [0.5, 0.6) is 5.75 Å². The number of phenolic OH excluding ortho intramolecular Hbond substituents is 1. The van der Waals surface area contributed by atoms with E-state index in [1.54, 1.807) is 44.7 Å². The summed E-state index contributed by atoms with van der Waals surface area (Å²) >= 11 is 1.55. The van der Waals surface area contributed by atoms with E-state index in [2.05, 4.69) is 10.6 Å². The minimum Gasteiger partial charge on any atom is -0.508 e. The first-order valence-electron chi connectivity index (χ1n) is 10.2. The Labute approximate surface area is 189 Å². The molecule has 0 aliphatic rings. The van der Waals surface area contributed by atoms with Crippen LogP contribution in [0.4, 0.5) is 4.79 Å². The number of carbonyl (C=O) groups excluding carboxylic acids is 3. The van der Waals surface area contributed by atoms with Crippen molar-refractivity contribution in [2.45, 2.75) is 64.8 Å². The zero-order valence-corrected chi connectivity index (χ0v) is 20.2. The van der Waals surface area contributed by atoms with Crippen LogP contribution in [-0.2, 0) is 14.3 Å². The summed E-state index contributed by atoms with van der Waals surface area (Å²) in [6, 6.07) is 4.24. The fraction of sp³-hybridized carbons (Fsp3) is 0.591. The SMILES string of the molecule is CSCCC(NC(=O)OC(C)(C)C)C(=O)N(C)C(C(=O)NC(C)C)c1ccc(O)cc1. The predicted octanol–water partition coefficient (Wildman–Crippen LogP) is 3.06. The normalized spacial score (nSPS) is 13.3. The van der Waals surface area contributed by atoms with Crippen LogP contribution in [0.25, 0.3) is 0 Å². The minimum absolute atomic E-state index is 0.0604. The Morgan fingerprint density at radius 3 is 2.19 bits per heavy atom. The number of hydrogen-bond acceptors (Lipinski definition) is 6. The summed E-state index contributed by atoms with van der Waals surface area (Å²) in [5, 5.41) is 15.1. The van der Waals surface area contributed by atoms with Crippen molar-refractivity contribution in [1.29, 1.82) is 0 Å². The topological polar surface area (TPSA) is 108 Å². The maximum Gasteiger partial charge on any atom is 0.408 e. The van der Waals surface area contributed by atoms with Crippen LogP contribution in [0.1, 0.15) is 52.6 Å². The van der Waals surface area contributed by atoms with E-state index in [0.717, 1.165) is 0 Å². The van der Waals surface area contributed by atoms with Crippen molar-refractivity contribution in [3.63, 3.8) is 0 Å². The Bertz CT molecular complexity index is 747. The largest absolute Gasteiger partial charge is 0.508 e. The lowest BCUT2D eigenvalue weighted by Gasteiger charge is -2.32. The van der Waals surface area contributed by atoms with Crippen molar-refractivity contribution in [1.82, 2.24) is 15.5 Å². The van der Waals surface area contributed by atoms with E-state index in [0.29, 0.717) is 17.7 Å². The fourth-order valence-corrected chi connectivity index (χ4v) is 3.36. The zero-order valence-electron chi connectivity index (χ0n) is 19.4. The van der Waals surface area contributed by atoms with Gasteiger partial charge in [0, 0.05) is 13.1 Å². The second-order valence-corrected chi connectivity index (χ2v) is 9.57. The quantitative estimate of drug-likeness (QED) is 0.530. The fourth-order valence-electron chi connectivity index (χ4n) is 2.89. The minimum atomic E-state index is -0.923. The van der Waals surface area contributed by atoms with Crippen molar-refractivity contribution >= 4 is 29.7 Å². The molecule has 0 heterocycles. The van der Waals surface area contributed by atoms with Gasteiger partial charge in [-0.3, -0.25) is 9.59 Å². The van der Waals surface area contributed by atoms with Crippen LogP contribution < -0.4 is 10.6 Å². The van der Waals surface area contributed by atoms with Gasteiger partial charge in [-0.15, -0.1) is 0 Å². The van der Waals surface area contributed by atoms with Crippen molar-refractivity contribution in [3.05, 3.63) is 29.8 Å². The molecule has 0 aliphatic carbocycles. The van der Waals surface area contributed by atoms with E-state index >= 15 is 0 Å². The number of nitrogens with zero attached hydrogens (tertiary/aromatic N) is 1. The molecule has 3 amide bonds. The molecule has 0 bridgehead atoms. The summed E-state index contributed by atoms with van der Waals surface area (Å²) in [6.45, 7) is 8.90. The van der Waals surface area contributed by atoms with Crippen LogP contribution in [-0.4, -0.2) is 64.7 Å². The molecule has 0 saturated carbocycles. The number of benzene rings is 1. The number of carbonyl (C=O) groups is 3. The highest BCUT2D eigenvalue weighted by Gasteiger charge is 2.34. The van der Waals surface area contributed by atoms with Crippen molar-refractivity contribution in [2.75, 3.05) is 19.1 Å². The summed E-state index contributed by atoms with van der Waals surface area (Å²) in [7, 11) is 1.53. The number of rotatable bonds is 9. The Kier molecular flexibility index (Phi) is 10.2. The Morgan fingerprint density at radius 2 is 1.71 bits per heavy atom. The third kappa shape index (κ3) is 9.08. The summed E-state index contributed by atoms with van der Waals surface area (Å²) in [5.74, 6) is -0.0539. The third-order valence-electron chi connectivity index (χ3n) is 4.22. The highest BCUT2D eigenvalue weighted by atomic mass is 32.2. The van der Waals surface area contributed by atoms with Gasteiger partial charge in [-0.05, 0) is 70.7 Å². The number of ether oxygens (including phenoxy) is 1. The standard InChI is InChI=1S/C22H35N3O5S/c1-14(2)23-19(27)18(15-8-10-16(26)11-9-15)25(6)20(28)17(12-13-31-7)24-21(29)30-22(3,4)5/h8-11,14,17-18,26H,12-13H2,1-7H3,(H,23,27)(H,24,29). The predicted molar refractivity (Wildman–Crippen MR) is 123 cm³/mol. The smallest absolute Gasteiger partial charge is 0.408 e. The second kappa shape index (κ2) is 11.8. The molecule has 0 radical (unpaired) electrons. The van der Waals surface area contributed by atoms with Gasteiger partial charge in [-0.2, -0.15) is 11.8 Å². The van der Waals surface area contributed by atoms with Gasteiger partial charge in [0.1, 0.15) is 23.4 Å². The number of nitrogens with one attached hydrogen (secondary N) is 2. The van der Waals surface area contributed by atoms with Gasteiger partial charge in [0.2, 0.25) is 11.8 Å². The van der Waals surface area contributed by atoms with Crippen molar-refractivity contribution in [3.8, 4) is 5.75 Å². The molecular formula is C22H35N3O5S. The zero-order chi connectivity index (χ0) is 23.8. The van der Waals surface area contributed by atoms with E-state index in [-0.39, 0.29) is 17.7 Å². The van der Waals surface area contributed by atoms with E-state index in [1.165, 1.54) is 24.1 Å². The maximum atomic E-state index is 13.3. The van der Waals surface area contributed by atoms with Crippen LogP contribution >= 0.6 is 11.8 Å². The Morgan fingerprint density at radius 1 is 1.13 bits per heavy atom. The highest BCUT2D eigenvalue weighted by molar-refractivity contribution is 7.98. The van der Waals surface area contributed by atoms with Gasteiger partial charge in [-0.25, -0.2) is 4.79 Å². The molecule has 0 aliphatic heterocycles. The number of aromatic hydroxyl groups is 1. The van der Waals surface area contributed by atoms with Gasteiger partial charge < -0.3 is 25.4 Å². The van der Waals surface area contributed by atoms with E-state index in [1.807, 2.05) is 20.1 Å². The molecule has 0 aromatic heterocycles. The van der Waals surface area contributed by atoms with E-state index < -0.39 is 29.7 Å². The number of phenols is 1. The molecule has 0 spiro atoms. The molecule has 0 saturated heterocycles. The van der Waals surface area contributed by atoms with Crippen LogP contribution in [0, 0.1) is 0 Å². The molecule has 174 valence electrons. The first-order valence-corrected chi connectivity index (χ1v) is 11.6. The lowest BCUT2D eigenvalue weighted by atomic mass is 10.0. The van der Waals surface area contributed by atoms with Gasteiger partial charge in [-0.1, -0.05) is 12.1 Å². The Hall–Kier alpha value is -2.42. The number of alkyl carbamates (subject to hydrolysis) is 1. The van der Waals surface area contributed by atoms with Gasteiger partial charge >= 0.3 is 6.09 Å². The number of thioether (sulfide) groups is 1. The van der Waals surface area contributed by atoms with E-state index in [9.17, 15) is 19.5 Å². The van der Waals surface area contributed by atoms with Gasteiger partial charge in [0.15, 0.2) is 0 Å². The molecule has 2 unspecified atom stereocenters. The van der Waals surface area contributed by atoms with Gasteiger partial charge in [0.05, 0.1) is 0 Å². The molecule has 1 aromatic carbocycles. The molecule has 9 heteroatoms. The van der Waals surface area contributed by atoms with Crippen LogP contribution in [0.2, 0.25) is 0 Å². The summed E-state index contributed by atoms with van der Waals surface area (Å²) in [5.41, 5.74) is -0.151. The maximum absolute atomic E-state index is 13.3. The average molecular weight is 454 g/mol. The molecule has 8 nitrogen and oxygen atoms in total. The number of amides is 3. The molecule has 1 rings (SSSR count). The number of likely N-dealkylation sites (N-methyl/N-ethyl adjacent to an activating group) is 1. The lowest BCUT2D eigenvalue weighted by molar-refractivity contribution is -0.141. The first-order chi connectivity index (χ1) is 14.4. The second-order valence-electron chi connectivity index (χ2n) is 8.59. The third-order valence-corrected chi connectivity index (χ3v) is 4.87. The highest BCUT2D eigenvalue weighted by Crippen LogP contribution is 2.24. The van der Waals surface area contributed by atoms with Crippen molar-refractivity contribution in [2.24, 2.45) is 0 Å². The van der Waals surface area contributed by atoms with Crippen LogP contribution in [0.3, 0.4) is 0 Å². The molecule has 1 aromatic rings. The van der Waals surface area contributed by atoms with Crippen LogP contribution in [0.15, 0.2) is 24.3 Å². The van der Waals surface area contributed by atoms with E-state index in [4.69, 9.17) is 4.74 Å². The van der Waals surface area contributed by atoms with Crippen molar-refractivity contribution < 1.29 is 24.2 Å². The summed E-state index contributed by atoms with van der Waals surface area (Å²) in [4.78, 5) is 39.9. The molecular weight excluding hydrogens is 418 g/mol. The molecule has 0 fully saturated rings. The van der Waals surface area contributed by atoms with Gasteiger partial charge in [0.25, 0.3) is 0 Å². The summed E-state index contributed by atoms with van der Waals surface area (Å²) in [6.07, 6.45) is 1.61. The average Bonchev–Trinajstić information content (AvgIpc) is 2.64. The number of hydrogen-bond donors (Lipinski definition) is 3. The molecule has 31 heavy (non-hydrogen) atoms. The first kappa shape index (κ1) is 26.6. The summed E-state index contributed by atoms with van der Waals surface area (Å²) < 4.78 is 5.30. The molecule has 2 atom stereocenters. The molecule has 3 N–H and O–H groups in total. The Balaban J connectivity index is 3.17. The lowest BCUT2D eigenvalue weighted by Crippen LogP contribution is -2.52.